The Morgan fingerprint density at radius 3 is 2.26 bits per heavy atom. The third kappa shape index (κ3) is 6.87. The van der Waals surface area contributed by atoms with Crippen LogP contribution in [0.1, 0.15) is 28.8 Å². The van der Waals surface area contributed by atoms with E-state index in [0.29, 0.717) is 13.1 Å². The van der Waals surface area contributed by atoms with Crippen molar-refractivity contribution in [3.63, 3.8) is 0 Å². The number of rotatable bonds is 8. The molecular weight excluding hydrogens is 610 g/mol. The normalized spacial score (nSPS) is 16.7. The van der Waals surface area contributed by atoms with Crippen molar-refractivity contribution in [2.45, 2.75) is 37.1 Å². The first-order chi connectivity index (χ1) is 19.8. The first-order valence-corrected chi connectivity index (χ1v) is 14.5. The zero-order valence-corrected chi connectivity index (χ0v) is 23.3. The third-order valence-electron chi connectivity index (χ3n) is 7.16. The number of amides is 3. The second-order valence-corrected chi connectivity index (χ2v) is 12.3. The lowest BCUT2D eigenvalue weighted by Crippen LogP contribution is -2.65. The van der Waals surface area contributed by atoms with Crippen LogP contribution in [0.15, 0.2) is 36.4 Å². The van der Waals surface area contributed by atoms with Gasteiger partial charge in [-0.2, -0.15) is 8.78 Å². The maximum Gasteiger partial charge on any atom is 0.317 e. The van der Waals surface area contributed by atoms with Gasteiger partial charge in [-0.15, -0.1) is 0 Å². The number of anilines is 1. The zero-order chi connectivity index (χ0) is 30.8. The van der Waals surface area contributed by atoms with Crippen LogP contribution >= 0.6 is 11.6 Å². The SMILES string of the molecule is O=C(NNC(=O)C(F)F)c1ccc(CN(c2ccc(F)c(Cl)c2)S(=O)(=O)C2CCN(C3CN(C(=O)[O-])C3)CC2)c(F)c1. The highest BCUT2D eigenvalue weighted by Gasteiger charge is 2.39. The molecule has 2 aliphatic heterocycles. The Bertz CT molecular complexity index is 1470. The minimum Gasteiger partial charge on any atom is -0.530 e. The lowest BCUT2D eigenvalue weighted by molar-refractivity contribution is -0.272. The van der Waals surface area contributed by atoms with Gasteiger partial charge in [-0.05, 0) is 56.3 Å². The highest BCUT2D eigenvalue weighted by molar-refractivity contribution is 7.93. The van der Waals surface area contributed by atoms with Gasteiger partial charge in [0.25, 0.3) is 5.91 Å². The summed E-state index contributed by atoms with van der Waals surface area (Å²) in [4.78, 5) is 37.2. The van der Waals surface area contributed by atoms with Crippen LogP contribution in [0.4, 0.5) is 28.0 Å². The molecular formula is C25H25ClF4N5O6S-. The Labute approximate surface area is 243 Å². The molecule has 0 aliphatic carbocycles. The number of carboxylic acid groups (broad SMARTS) is 1. The van der Waals surface area contributed by atoms with E-state index >= 15 is 4.39 Å². The van der Waals surface area contributed by atoms with Gasteiger partial charge in [0.15, 0.2) is 0 Å². The first kappa shape index (κ1) is 31.3. The van der Waals surface area contributed by atoms with Crippen LogP contribution in [0.5, 0.6) is 0 Å². The summed E-state index contributed by atoms with van der Waals surface area (Å²) in [5.41, 5.74) is 2.67. The Morgan fingerprint density at radius 1 is 1.02 bits per heavy atom. The third-order valence-corrected chi connectivity index (χ3v) is 9.72. The molecule has 2 aromatic carbocycles. The van der Waals surface area contributed by atoms with Gasteiger partial charge in [-0.3, -0.25) is 29.6 Å². The summed E-state index contributed by atoms with van der Waals surface area (Å²) in [5.74, 6) is -4.66. The van der Waals surface area contributed by atoms with E-state index in [-0.39, 0.29) is 53.8 Å². The number of alkyl halides is 2. The standard InChI is InChI=1S/C25H26ClF4N5O6S/c26-19-10-16(3-4-20(19)27)35(11-15-2-1-14(9-21(15)28)23(36)31-32-24(37)22(29)30)42(40,41)18-5-7-33(8-6-18)17-12-34(13-17)25(38)39/h1-4,9-10,17-18,22H,5-8,11-13H2,(H,31,36)(H,32,37)(H,38,39)/p-1. The average Bonchev–Trinajstić information content (AvgIpc) is 2.91. The Balaban J connectivity index is 1.52. The molecule has 42 heavy (non-hydrogen) atoms. The van der Waals surface area contributed by atoms with Gasteiger partial charge in [0.05, 0.1) is 22.5 Å². The quantitative estimate of drug-likeness (QED) is 0.331. The molecule has 228 valence electrons. The molecule has 0 radical (unpaired) electrons. The molecule has 3 amide bonds. The average molecular weight is 635 g/mol. The highest BCUT2D eigenvalue weighted by Crippen LogP contribution is 2.32. The predicted octanol–water partition coefficient (Wildman–Crippen LogP) is 1.47. The minimum absolute atomic E-state index is 0.0247. The Hall–Kier alpha value is -3.63. The topological polar surface area (TPSA) is 142 Å². The summed E-state index contributed by atoms with van der Waals surface area (Å²) in [7, 11) is -4.19. The maximum absolute atomic E-state index is 15.1. The zero-order valence-electron chi connectivity index (χ0n) is 21.7. The molecule has 2 aromatic rings. The van der Waals surface area contributed by atoms with Crippen LogP contribution in [-0.2, 0) is 21.4 Å². The van der Waals surface area contributed by atoms with Crippen LogP contribution in [0.25, 0.3) is 0 Å². The van der Waals surface area contributed by atoms with Crippen LogP contribution in [0.3, 0.4) is 0 Å². The van der Waals surface area contributed by atoms with E-state index < -0.39 is 57.8 Å². The van der Waals surface area contributed by atoms with E-state index in [1.807, 2.05) is 4.90 Å². The summed E-state index contributed by atoms with van der Waals surface area (Å²) in [6, 6.07) is 6.17. The fourth-order valence-electron chi connectivity index (χ4n) is 4.74. The number of carbonyl (C=O) groups excluding carboxylic acids is 3. The van der Waals surface area contributed by atoms with Crippen molar-refractivity contribution in [1.82, 2.24) is 20.7 Å². The number of nitrogens with zero attached hydrogens (tertiary/aromatic N) is 3. The summed E-state index contributed by atoms with van der Waals surface area (Å²) >= 11 is 5.92. The number of piperidine rings is 1. The number of carbonyl (C=O) groups is 3. The molecule has 11 nitrogen and oxygen atoms in total. The van der Waals surface area contributed by atoms with Crippen molar-refractivity contribution >= 4 is 45.2 Å². The van der Waals surface area contributed by atoms with E-state index in [1.54, 1.807) is 5.43 Å². The molecule has 0 bridgehead atoms. The van der Waals surface area contributed by atoms with Crippen molar-refractivity contribution in [2.75, 3.05) is 30.5 Å². The largest absolute Gasteiger partial charge is 0.530 e. The molecule has 0 aromatic heterocycles. The second-order valence-electron chi connectivity index (χ2n) is 9.76. The lowest BCUT2D eigenvalue weighted by atomic mass is 10.0. The molecule has 0 saturated carbocycles. The summed E-state index contributed by atoms with van der Waals surface area (Å²) in [6.45, 7) is 0.725. The van der Waals surface area contributed by atoms with E-state index in [4.69, 9.17) is 11.6 Å². The maximum atomic E-state index is 15.1. The van der Waals surface area contributed by atoms with Crippen LogP contribution < -0.4 is 20.3 Å². The minimum atomic E-state index is -4.19. The van der Waals surface area contributed by atoms with Crippen LogP contribution in [-0.4, -0.2) is 80.0 Å². The lowest BCUT2D eigenvalue weighted by Gasteiger charge is -2.48. The predicted molar refractivity (Wildman–Crippen MR) is 140 cm³/mol. The number of benzene rings is 2. The van der Waals surface area contributed by atoms with Crippen molar-refractivity contribution in [1.29, 1.82) is 0 Å². The van der Waals surface area contributed by atoms with Crippen molar-refractivity contribution in [3.8, 4) is 0 Å². The number of halogens is 5. The summed E-state index contributed by atoms with van der Waals surface area (Å²) < 4.78 is 82.3. The number of hydrogen-bond acceptors (Lipinski definition) is 7. The van der Waals surface area contributed by atoms with Gasteiger partial charge in [-0.25, -0.2) is 17.2 Å². The van der Waals surface area contributed by atoms with Gasteiger partial charge in [0.1, 0.15) is 17.7 Å². The molecule has 17 heteroatoms. The van der Waals surface area contributed by atoms with Crippen LogP contribution in [0, 0.1) is 11.6 Å². The van der Waals surface area contributed by atoms with Gasteiger partial charge in [0, 0.05) is 30.3 Å². The van der Waals surface area contributed by atoms with Crippen molar-refractivity contribution in [2.24, 2.45) is 0 Å². The molecule has 2 fully saturated rings. The number of sulfonamides is 1. The number of likely N-dealkylation sites (tertiary alicyclic amines) is 2. The number of hydrazine groups is 1. The molecule has 2 aliphatic rings. The van der Waals surface area contributed by atoms with Crippen molar-refractivity contribution < 1.29 is 45.5 Å². The summed E-state index contributed by atoms with van der Waals surface area (Å²) in [6.07, 6.45) is -4.26. The summed E-state index contributed by atoms with van der Waals surface area (Å²) in [5, 5.41) is 9.68. The van der Waals surface area contributed by atoms with E-state index in [2.05, 4.69) is 0 Å². The smallest absolute Gasteiger partial charge is 0.317 e. The number of hydrogen-bond donors (Lipinski definition) is 2. The second kappa shape index (κ2) is 12.7. The fraction of sp³-hybridized carbons (Fsp3) is 0.400. The molecule has 4 rings (SSSR count). The van der Waals surface area contributed by atoms with Crippen molar-refractivity contribution in [3.05, 3.63) is 64.2 Å². The molecule has 2 saturated heterocycles. The van der Waals surface area contributed by atoms with E-state index in [0.717, 1.165) is 39.5 Å². The molecule has 0 atom stereocenters. The molecule has 2 N–H and O–H groups in total. The van der Waals surface area contributed by atoms with E-state index in [9.17, 15) is 41.1 Å². The van der Waals surface area contributed by atoms with Gasteiger partial charge >= 0.3 is 12.3 Å². The van der Waals surface area contributed by atoms with Crippen LogP contribution in [0.2, 0.25) is 5.02 Å². The fourth-order valence-corrected chi connectivity index (χ4v) is 6.81. The number of nitrogens with one attached hydrogen (secondary N) is 2. The highest BCUT2D eigenvalue weighted by atomic mass is 35.5. The Morgan fingerprint density at radius 2 is 1.69 bits per heavy atom. The van der Waals surface area contributed by atoms with Gasteiger partial charge in [-0.1, -0.05) is 17.7 Å². The first-order valence-electron chi connectivity index (χ1n) is 12.6. The molecule has 2 heterocycles. The Kier molecular flexibility index (Phi) is 9.47. The monoisotopic (exact) mass is 634 g/mol. The van der Waals surface area contributed by atoms with Gasteiger partial charge < -0.3 is 14.8 Å². The molecule has 0 spiro atoms. The van der Waals surface area contributed by atoms with E-state index in [1.165, 1.54) is 11.5 Å². The molecule has 0 unspecified atom stereocenters. The van der Waals surface area contributed by atoms with Gasteiger partial charge in [0.2, 0.25) is 10.0 Å².